The molecule has 0 bridgehead atoms. The van der Waals surface area contributed by atoms with E-state index >= 15 is 0 Å². The van der Waals surface area contributed by atoms with Gasteiger partial charge in [-0.05, 0) is 48.7 Å². The molecular weight excluding hydrogens is 396 g/mol. The molecule has 150 valence electrons. The molecule has 0 saturated carbocycles. The minimum absolute atomic E-state index is 0. The first-order valence-corrected chi connectivity index (χ1v) is 10.4. The van der Waals surface area contributed by atoms with Gasteiger partial charge in [0.1, 0.15) is 0 Å². The maximum Gasteiger partial charge on any atom is 0.227 e. The molecular formula is C21H25ClN2O3S. The molecule has 2 aromatic rings. The number of thioether (sulfide) groups is 1. The van der Waals surface area contributed by atoms with Crippen LogP contribution in [0.25, 0.3) is 0 Å². The molecule has 5 nitrogen and oxygen atoms in total. The van der Waals surface area contributed by atoms with Crippen LogP contribution in [0.15, 0.2) is 41.3 Å². The number of amides is 1. The van der Waals surface area contributed by atoms with Gasteiger partial charge in [0, 0.05) is 41.4 Å². The summed E-state index contributed by atoms with van der Waals surface area (Å²) in [5.74, 6) is 2.48. The summed E-state index contributed by atoms with van der Waals surface area (Å²) in [6.45, 7) is 2.14. The SMILES string of the molecule is Cl.Nc1cccc2c1CCCN2C(=O)CCSc1ccc2c(c1)OCCCO2. The fourth-order valence-corrected chi connectivity index (χ4v) is 4.40. The Balaban J connectivity index is 0.00000225. The van der Waals surface area contributed by atoms with Gasteiger partial charge in [0.25, 0.3) is 0 Å². The second-order valence-corrected chi connectivity index (χ2v) is 7.92. The van der Waals surface area contributed by atoms with Gasteiger partial charge in [-0.15, -0.1) is 24.2 Å². The van der Waals surface area contributed by atoms with Crippen molar-refractivity contribution in [1.82, 2.24) is 0 Å². The van der Waals surface area contributed by atoms with Crippen LogP contribution >= 0.6 is 24.2 Å². The van der Waals surface area contributed by atoms with E-state index in [9.17, 15) is 4.79 Å². The Bertz CT molecular complexity index is 846. The van der Waals surface area contributed by atoms with Gasteiger partial charge < -0.3 is 20.1 Å². The van der Waals surface area contributed by atoms with E-state index in [4.69, 9.17) is 15.2 Å². The lowest BCUT2D eigenvalue weighted by atomic mass is 9.99. The first kappa shape index (κ1) is 20.7. The third kappa shape index (κ3) is 4.50. The Kier molecular flexibility index (Phi) is 6.97. The fraction of sp³-hybridized carbons (Fsp3) is 0.381. The molecule has 0 aromatic heterocycles. The number of nitrogen functional groups attached to an aromatic ring is 1. The van der Waals surface area contributed by atoms with Gasteiger partial charge in [-0.1, -0.05) is 6.07 Å². The van der Waals surface area contributed by atoms with Gasteiger partial charge in [0.2, 0.25) is 5.91 Å². The smallest absolute Gasteiger partial charge is 0.227 e. The highest BCUT2D eigenvalue weighted by Gasteiger charge is 2.23. The summed E-state index contributed by atoms with van der Waals surface area (Å²) < 4.78 is 11.4. The lowest BCUT2D eigenvalue weighted by molar-refractivity contribution is -0.118. The molecule has 0 atom stereocenters. The van der Waals surface area contributed by atoms with E-state index in [1.165, 1.54) is 0 Å². The molecule has 2 aliphatic heterocycles. The second kappa shape index (κ2) is 9.43. The monoisotopic (exact) mass is 420 g/mol. The van der Waals surface area contributed by atoms with Crippen LogP contribution in [0.2, 0.25) is 0 Å². The molecule has 2 aliphatic rings. The Hall–Kier alpha value is -2.05. The van der Waals surface area contributed by atoms with Crippen molar-refractivity contribution in [2.75, 3.05) is 36.1 Å². The highest BCUT2D eigenvalue weighted by molar-refractivity contribution is 7.99. The van der Waals surface area contributed by atoms with Crippen molar-refractivity contribution in [1.29, 1.82) is 0 Å². The highest BCUT2D eigenvalue weighted by atomic mass is 35.5. The molecule has 2 N–H and O–H groups in total. The van der Waals surface area contributed by atoms with E-state index in [1.807, 2.05) is 41.3 Å². The summed E-state index contributed by atoms with van der Waals surface area (Å²) in [6, 6.07) is 11.8. The normalized spacial score (nSPS) is 15.2. The van der Waals surface area contributed by atoms with Crippen LogP contribution in [0.3, 0.4) is 0 Å². The lowest BCUT2D eigenvalue weighted by Crippen LogP contribution is -2.35. The number of carbonyl (C=O) groups excluding carboxylic acids is 1. The quantitative estimate of drug-likeness (QED) is 0.589. The number of ether oxygens (including phenoxy) is 2. The highest BCUT2D eigenvalue weighted by Crippen LogP contribution is 2.35. The third-order valence-corrected chi connectivity index (χ3v) is 5.89. The van der Waals surface area contributed by atoms with E-state index in [2.05, 4.69) is 0 Å². The third-order valence-electron chi connectivity index (χ3n) is 4.89. The zero-order valence-corrected chi connectivity index (χ0v) is 17.3. The largest absolute Gasteiger partial charge is 0.490 e. The molecule has 1 amide bonds. The van der Waals surface area contributed by atoms with Crippen LogP contribution in [0.4, 0.5) is 11.4 Å². The van der Waals surface area contributed by atoms with E-state index in [0.717, 1.165) is 64.9 Å². The van der Waals surface area contributed by atoms with Crippen molar-refractivity contribution >= 4 is 41.5 Å². The molecule has 2 aromatic carbocycles. The summed E-state index contributed by atoms with van der Waals surface area (Å²) >= 11 is 1.67. The van der Waals surface area contributed by atoms with Crippen LogP contribution in [0, 0.1) is 0 Å². The van der Waals surface area contributed by atoms with Gasteiger partial charge in [0.15, 0.2) is 11.5 Å². The molecule has 2 heterocycles. The molecule has 0 spiro atoms. The number of nitrogens with two attached hydrogens (primary N) is 1. The number of carbonyl (C=O) groups is 1. The van der Waals surface area contributed by atoms with Crippen LogP contribution in [0.5, 0.6) is 11.5 Å². The van der Waals surface area contributed by atoms with Gasteiger partial charge in [-0.2, -0.15) is 0 Å². The number of anilines is 2. The summed E-state index contributed by atoms with van der Waals surface area (Å²) in [5.41, 5.74) is 8.95. The van der Waals surface area contributed by atoms with Crippen molar-refractivity contribution in [3.63, 3.8) is 0 Å². The molecule has 0 unspecified atom stereocenters. The number of hydrogen-bond donors (Lipinski definition) is 1. The maximum absolute atomic E-state index is 12.8. The Morgan fingerprint density at radius 3 is 2.79 bits per heavy atom. The van der Waals surface area contributed by atoms with Crippen molar-refractivity contribution in [2.24, 2.45) is 0 Å². The molecule has 0 fully saturated rings. The average Bonchev–Trinajstić information content (AvgIpc) is 2.93. The van der Waals surface area contributed by atoms with E-state index in [0.29, 0.717) is 19.6 Å². The van der Waals surface area contributed by atoms with Gasteiger partial charge >= 0.3 is 0 Å². The molecule has 7 heteroatoms. The first-order chi connectivity index (χ1) is 13.2. The van der Waals surface area contributed by atoms with Crippen molar-refractivity contribution in [3.8, 4) is 11.5 Å². The van der Waals surface area contributed by atoms with Crippen LogP contribution in [-0.2, 0) is 11.2 Å². The summed E-state index contributed by atoms with van der Waals surface area (Å²) in [4.78, 5) is 15.8. The van der Waals surface area contributed by atoms with E-state index in [1.54, 1.807) is 11.8 Å². The van der Waals surface area contributed by atoms with Crippen LogP contribution in [-0.4, -0.2) is 31.4 Å². The average molecular weight is 421 g/mol. The predicted molar refractivity (Wildman–Crippen MR) is 116 cm³/mol. The zero-order chi connectivity index (χ0) is 18.6. The molecule has 0 radical (unpaired) electrons. The molecule has 0 aliphatic carbocycles. The second-order valence-electron chi connectivity index (χ2n) is 6.75. The minimum Gasteiger partial charge on any atom is -0.490 e. The van der Waals surface area contributed by atoms with Crippen molar-refractivity contribution in [2.45, 2.75) is 30.6 Å². The number of fused-ring (bicyclic) bond motifs is 2. The predicted octanol–water partition coefficient (Wildman–Crippen LogP) is 4.31. The standard InChI is InChI=1S/C21H24N2O3S.ClH/c22-17-5-1-6-18-16(17)4-2-10-23(18)21(24)9-13-27-15-7-8-19-20(14-15)26-12-3-11-25-19;/h1,5-8,14H,2-4,9-13,22H2;1H. The fourth-order valence-electron chi connectivity index (χ4n) is 3.54. The summed E-state index contributed by atoms with van der Waals surface area (Å²) in [6.07, 6.45) is 3.29. The number of rotatable bonds is 4. The topological polar surface area (TPSA) is 64.8 Å². The molecule has 28 heavy (non-hydrogen) atoms. The number of hydrogen-bond acceptors (Lipinski definition) is 5. The van der Waals surface area contributed by atoms with Gasteiger partial charge in [-0.3, -0.25) is 4.79 Å². The Morgan fingerprint density at radius 1 is 1.11 bits per heavy atom. The van der Waals surface area contributed by atoms with Gasteiger partial charge in [-0.25, -0.2) is 0 Å². The first-order valence-electron chi connectivity index (χ1n) is 9.42. The molecule has 4 rings (SSSR count). The van der Waals surface area contributed by atoms with E-state index < -0.39 is 0 Å². The van der Waals surface area contributed by atoms with Crippen molar-refractivity contribution in [3.05, 3.63) is 42.0 Å². The maximum atomic E-state index is 12.8. The minimum atomic E-state index is 0. The Morgan fingerprint density at radius 2 is 1.93 bits per heavy atom. The van der Waals surface area contributed by atoms with Crippen molar-refractivity contribution < 1.29 is 14.3 Å². The molecule has 0 saturated heterocycles. The summed E-state index contributed by atoms with van der Waals surface area (Å²) in [7, 11) is 0. The zero-order valence-electron chi connectivity index (χ0n) is 15.7. The Labute approximate surface area is 176 Å². The lowest BCUT2D eigenvalue weighted by Gasteiger charge is -2.30. The number of nitrogens with zero attached hydrogens (tertiary/aromatic N) is 1. The van der Waals surface area contributed by atoms with Crippen LogP contribution in [0.1, 0.15) is 24.8 Å². The number of halogens is 1. The number of benzene rings is 2. The van der Waals surface area contributed by atoms with Gasteiger partial charge in [0.05, 0.1) is 13.2 Å². The van der Waals surface area contributed by atoms with E-state index in [-0.39, 0.29) is 18.3 Å². The van der Waals surface area contributed by atoms with Crippen LogP contribution < -0.4 is 20.1 Å². The summed E-state index contributed by atoms with van der Waals surface area (Å²) in [5, 5.41) is 0.